The van der Waals surface area contributed by atoms with Crippen LogP contribution in [-0.2, 0) is 5.41 Å². The van der Waals surface area contributed by atoms with E-state index in [9.17, 15) is 0 Å². The zero-order valence-corrected chi connectivity index (χ0v) is 16.9. The van der Waals surface area contributed by atoms with E-state index in [0.717, 1.165) is 5.69 Å². The third-order valence-electron chi connectivity index (χ3n) is 5.00. The minimum atomic E-state index is -1.34. The minimum absolute atomic E-state index is 0.0341. The van der Waals surface area contributed by atoms with Crippen molar-refractivity contribution in [1.29, 1.82) is 0 Å². The van der Waals surface area contributed by atoms with E-state index >= 15 is 0 Å². The van der Waals surface area contributed by atoms with E-state index in [1.807, 2.05) is 6.20 Å². The van der Waals surface area contributed by atoms with E-state index in [4.69, 9.17) is 0 Å². The molecule has 0 N–H and O–H groups in total. The molecule has 0 fully saturated rings. The molecule has 3 rings (SSSR count). The third-order valence-corrected chi connectivity index (χ3v) is 7.04. The van der Waals surface area contributed by atoms with Crippen LogP contribution in [0.25, 0.3) is 11.3 Å². The van der Waals surface area contributed by atoms with Gasteiger partial charge in [-0.3, -0.25) is 4.98 Å². The van der Waals surface area contributed by atoms with Crippen LogP contribution in [0.2, 0.25) is 19.6 Å². The van der Waals surface area contributed by atoms with Gasteiger partial charge in [0.25, 0.3) is 0 Å². The molecular formula is C23H27NSi. The zero-order valence-electron chi connectivity index (χ0n) is 15.9. The van der Waals surface area contributed by atoms with E-state index in [0.29, 0.717) is 0 Å². The van der Waals surface area contributed by atoms with Crippen molar-refractivity contribution in [2.75, 3.05) is 0 Å². The molecule has 0 aliphatic heterocycles. The second-order valence-electron chi connectivity index (χ2n) is 8.25. The van der Waals surface area contributed by atoms with Crippen LogP contribution in [0.15, 0.2) is 72.9 Å². The molecule has 0 aliphatic carbocycles. The summed E-state index contributed by atoms with van der Waals surface area (Å²) >= 11 is 0. The molecule has 0 radical (unpaired) electrons. The Morgan fingerprint density at radius 3 is 2.12 bits per heavy atom. The van der Waals surface area contributed by atoms with Crippen molar-refractivity contribution in [3.63, 3.8) is 0 Å². The molecule has 1 aromatic heterocycles. The van der Waals surface area contributed by atoms with Crippen LogP contribution in [0.1, 0.15) is 25.0 Å². The van der Waals surface area contributed by atoms with Crippen LogP contribution in [0.3, 0.4) is 0 Å². The van der Waals surface area contributed by atoms with Crippen LogP contribution in [-0.4, -0.2) is 13.1 Å². The van der Waals surface area contributed by atoms with E-state index in [1.165, 1.54) is 21.9 Å². The van der Waals surface area contributed by atoms with Gasteiger partial charge in [-0.15, -0.1) is 0 Å². The summed E-state index contributed by atoms with van der Waals surface area (Å²) < 4.78 is 0. The van der Waals surface area contributed by atoms with E-state index in [1.54, 1.807) is 0 Å². The Morgan fingerprint density at radius 1 is 0.760 bits per heavy atom. The topological polar surface area (TPSA) is 12.9 Å². The van der Waals surface area contributed by atoms with Gasteiger partial charge in [0.1, 0.15) is 0 Å². The molecule has 3 aromatic rings. The van der Waals surface area contributed by atoms with Crippen molar-refractivity contribution < 1.29 is 0 Å². The lowest BCUT2D eigenvalue weighted by Crippen LogP contribution is -2.37. The number of hydrogen-bond acceptors (Lipinski definition) is 1. The summed E-state index contributed by atoms with van der Waals surface area (Å²) in [6.45, 7) is 11.7. The highest BCUT2D eigenvalue weighted by molar-refractivity contribution is 6.88. The average Bonchev–Trinajstić information content (AvgIpc) is 2.62. The van der Waals surface area contributed by atoms with Crippen LogP contribution in [0.5, 0.6) is 0 Å². The first kappa shape index (κ1) is 17.6. The average molecular weight is 346 g/mol. The number of aromatic nitrogens is 1. The van der Waals surface area contributed by atoms with Gasteiger partial charge >= 0.3 is 0 Å². The van der Waals surface area contributed by atoms with Crippen molar-refractivity contribution >= 4 is 13.3 Å². The van der Waals surface area contributed by atoms with E-state index < -0.39 is 8.07 Å². The largest absolute Gasteiger partial charge is 0.256 e. The Kier molecular flexibility index (Phi) is 4.66. The van der Waals surface area contributed by atoms with E-state index in [-0.39, 0.29) is 5.41 Å². The molecule has 2 aromatic carbocycles. The fraction of sp³-hybridized carbons (Fsp3) is 0.261. The highest BCUT2D eigenvalue weighted by atomic mass is 28.3. The first-order chi connectivity index (χ1) is 11.8. The van der Waals surface area contributed by atoms with Crippen LogP contribution in [0.4, 0.5) is 0 Å². The number of rotatable bonds is 4. The van der Waals surface area contributed by atoms with Crippen molar-refractivity contribution in [1.82, 2.24) is 4.98 Å². The van der Waals surface area contributed by atoms with E-state index in [2.05, 4.69) is 105 Å². The Balaban J connectivity index is 2.03. The fourth-order valence-corrected chi connectivity index (χ4v) is 4.29. The summed E-state index contributed by atoms with van der Waals surface area (Å²) in [7, 11) is -1.34. The van der Waals surface area contributed by atoms with Gasteiger partial charge in [-0.1, -0.05) is 87.2 Å². The maximum atomic E-state index is 4.64. The molecule has 0 atom stereocenters. The molecule has 1 heterocycles. The molecule has 0 saturated heterocycles. The van der Waals surface area contributed by atoms with Gasteiger partial charge < -0.3 is 0 Å². The van der Waals surface area contributed by atoms with Crippen LogP contribution >= 0.6 is 0 Å². The Hall–Kier alpha value is -2.19. The highest BCUT2D eigenvalue weighted by Crippen LogP contribution is 2.33. The molecule has 0 bridgehead atoms. The van der Waals surface area contributed by atoms with Gasteiger partial charge in [0.05, 0.1) is 13.8 Å². The highest BCUT2D eigenvalue weighted by Gasteiger charge is 2.23. The standard InChI is InChI=1S/C23H27NSi/c1-23(2,19-11-7-6-8-12-19)20-13-9-10-18(16-20)22-17-21(14-15-24-22)25(3,4)5/h6-17H,1-5H3. The number of benzene rings is 2. The molecule has 0 spiro atoms. The predicted octanol–water partition coefficient (Wildman–Crippen LogP) is 5.62. The molecule has 0 unspecified atom stereocenters. The minimum Gasteiger partial charge on any atom is -0.256 e. The molecule has 128 valence electrons. The normalized spacial score (nSPS) is 12.2. The smallest absolute Gasteiger partial charge is 0.0777 e. The zero-order chi connectivity index (χ0) is 18.1. The molecular weight excluding hydrogens is 318 g/mol. The van der Waals surface area contributed by atoms with Crippen molar-refractivity contribution in [2.24, 2.45) is 0 Å². The second-order valence-corrected chi connectivity index (χ2v) is 13.3. The number of hydrogen-bond donors (Lipinski definition) is 0. The lowest BCUT2D eigenvalue weighted by atomic mass is 9.77. The molecule has 2 heteroatoms. The van der Waals surface area contributed by atoms with Gasteiger partial charge in [-0.25, -0.2) is 0 Å². The van der Waals surface area contributed by atoms with Crippen LogP contribution in [0, 0.1) is 0 Å². The number of nitrogens with zero attached hydrogens (tertiary/aromatic N) is 1. The molecule has 25 heavy (non-hydrogen) atoms. The maximum Gasteiger partial charge on any atom is 0.0777 e. The van der Waals surface area contributed by atoms with Crippen LogP contribution < -0.4 is 5.19 Å². The van der Waals surface area contributed by atoms with Crippen molar-refractivity contribution in [3.8, 4) is 11.3 Å². The first-order valence-corrected chi connectivity index (χ1v) is 12.4. The molecule has 1 nitrogen and oxygen atoms in total. The third kappa shape index (κ3) is 3.74. The lowest BCUT2D eigenvalue weighted by molar-refractivity contribution is 0.641. The number of pyridine rings is 1. The second kappa shape index (κ2) is 6.60. The van der Waals surface area contributed by atoms with Gasteiger partial charge in [0, 0.05) is 17.2 Å². The SMILES string of the molecule is CC(C)(c1ccccc1)c1cccc(-c2cc([Si](C)(C)C)ccn2)c1. The van der Waals surface area contributed by atoms with Gasteiger partial charge in [-0.2, -0.15) is 0 Å². The first-order valence-electron chi connectivity index (χ1n) is 8.91. The van der Waals surface area contributed by atoms with Gasteiger partial charge in [-0.05, 0) is 29.3 Å². The van der Waals surface area contributed by atoms with Gasteiger partial charge in [0.15, 0.2) is 0 Å². The van der Waals surface area contributed by atoms with Gasteiger partial charge in [0.2, 0.25) is 0 Å². The monoisotopic (exact) mass is 345 g/mol. The summed E-state index contributed by atoms with van der Waals surface area (Å²) in [4.78, 5) is 4.64. The van der Waals surface area contributed by atoms with Crippen molar-refractivity contribution in [2.45, 2.75) is 38.9 Å². The Labute approximate surface area is 152 Å². The summed E-state index contributed by atoms with van der Waals surface area (Å²) in [5, 5.41) is 1.45. The Morgan fingerprint density at radius 2 is 1.44 bits per heavy atom. The quantitative estimate of drug-likeness (QED) is 0.559. The lowest BCUT2D eigenvalue weighted by Gasteiger charge is -2.26. The summed E-state index contributed by atoms with van der Waals surface area (Å²) in [6.07, 6.45) is 1.96. The fourth-order valence-electron chi connectivity index (χ4n) is 3.14. The molecule has 0 amide bonds. The molecule has 0 saturated carbocycles. The van der Waals surface area contributed by atoms with Crippen molar-refractivity contribution in [3.05, 3.63) is 84.1 Å². The Bertz CT molecular complexity index is 861. The maximum absolute atomic E-state index is 4.64. The summed E-state index contributed by atoms with van der Waals surface area (Å²) in [5.74, 6) is 0. The molecule has 0 aliphatic rings. The summed E-state index contributed by atoms with van der Waals surface area (Å²) in [6, 6.07) is 24.0. The predicted molar refractivity (Wildman–Crippen MR) is 111 cm³/mol. The summed E-state index contributed by atoms with van der Waals surface area (Å²) in [5.41, 5.74) is 4.88.